The normalized spacial score (nSPS) is 17.8. The Bertz CT molecular complexity index is 422. The molecule has 0 saturated carbocycles. The van der Waals surface area contributed by atoms with Gasteiger partial charge >= 0.3 is 0 Å². The Morgan fingerprint density at radius 3 is 2.87 bits per heavy atom. The van der Waals surface area contributed by atoms with Crippen LogP contribution in [0.3, 0.4) is 0 Å². The van der Waals surface area contributed by atoms with Crippen LogP contribution in [0.5, 0.6) is 5.75 Å². The van der Waals surface area contributed by atoms with E-state index < -0.39 is 0 Å². The lowest BCUT2D eigenvalue weighted by molar-refractivity contribution is 0.137. The maximum absolute atomic E-state index is 5.88. The molecule has 1 heterocycles. The van der Waals surface area contributed by atoms with E-state index in [2.05, 4.69) is 25.0 Å². The highest BCUT2D eigenvalue weighted by molar-refractivity contribution is 5.81. The predicted molar refractivity (Wildman–Crippen MR) is 61.4 cm³/mol. The molecular weight excluding hydrogens is 188 g/mol. The first-order chi connectivity index (χ1) is 7.02. The molecule has 1 aromatic carbocycles. The maximum atomic E-state index is 5.88. The second kappa shape index (κ2) is 3.26. The van der Waals surface area contributed by atoms with Crippen molar-refractivity contribution in [2.45, 2.75) is 32.8 Å². The largest absolute Gasteiger partial charge is 0.487 e. The maximum Gasteiger partial charge on any atom is 0.126 e. The topological polar surface area (TPSA) is 47.6 Å². The summed E-state index contributed by atoms with van der Waals surface area (Å²) in [4.78, 5) is 0. The first-order valence-electron chi connectivity index (χ1n) is 5.08. The zero-order valence-electron chi connectivity index (χ0n) is 9.37. The van der Waals surface area contributed by atoms with Crippen LogP contribution in [0.2, 0.25) is 0 Å². The van der Waals surface area contributed by atoms with Gasteiger partial charge in [-0.3, -0.25) is 0 Å². The van der Waals surface area contributed by atoms with Gasteiger partial charge in [-0.2, -0.15) is 5.10 Å². The Kier molecular flexibility index (Phi) is 2.18. The fraction of sp³-hybridized carbons (Fsp3) is 0.417. The van der Waals surface area contributed by atoms with Crippen LogP contribution in [0.1, 0.15) is 30.5 Å². The van der Waals surface area contributed by atoms with E-state index >= 15 is 0 Å². The van der Waals surface area contributed by atoms with E-state index in [0.717, 1.165) is 23.3 Å². The van der Waals surface area contributed by atoms with E-state index in [9.17, 15) is 0 Å². The molecule has 3 heteroatoms. The molecule has 15 heavy (non-hydrogen) atoms. The molecule has 0 fully saturated rings. The van der Waals surface area contributed by atoms with Gasteiger partial charge in [0.25, 0.3) is 0 Å². The van der Waals surface area contributed by atoms with Gasteiger partial charge in [0.15, 0.2) is 0 Å². The summed E-state index contributed by atoms with van der Waals surface area (Å²) in [7, 11) is 0. The minimum absolute atomic E-state index is 0.0917. The number of ether oxygens (including phenoxy) is 1. The van der Waals surface area contributed by atoms with Crippen LogP contribution >= 0.6 is 0 Å². The van der Waals surface area contributed by atoms with Crippen LogP contribution in [0.25, 0.3) is 0 Å². The molecule has 2 rings (SSSR count). The summed E-state index contributed by atoms with van der Waals surface area (Å²) in [6.45, 7) is 6.25. The second-order valence-corrected chi connectivity index (χ2v) is 4.64. The third kappa shape index (κ3) is 1.82. The molecule has 0 aliphatic carbocycles. The Morgan fingerprint density at radius 2 is 2.20 bits per heavy atom. The van der Waals surface area contributed by atoms with Gasteiger partial charge in [0.05, 0.1) is 6.21 Å². The lowest BCUT2D eigenvalue weighted by Crippen LogP contribution is -2.24. The molecular formula is C12H16N2O. The monoisotopic (exact) mass is 204 g/mol. The number of hydrazone groups is 1. The highest BCUT2D eigenvalue weighted by Crippen LogP contribution is 2.37. The van der Waals surface area contributed by atoms with Crippen molar-refractivity contribution < 1.29 is 4.74 Å². The Balaban J connectivity index is 2.47. The van der Waals surface area contributed by atoms with Crippen LogP contribution in [-0.4, -0.2) is 11.8 Å². The molecule has 0 saturated heterocycles. The van der Waals surface area contributed by atoms with Gasteiger partial charge in [0.2, 0.25) is 0 Å². The standard InChI is InChI=1S/C12H16N2O/c1-8-4-9(7-14-13)5-10-6-12(2,3)15-11(8)10/h4-5,7H,6,13H2,1-3H3. The van der Waals surface area contributed by atoms with E-state index in [0.29, 0.717) is 0 Å². The number of benzene rings is 1. The molecule has 1 aromatic rings. The number of fused-ring (bicyclic) bond motifs is 1. The third-order valence-electron chi connectivity index (χ3n) is 2.59. The second-order valence-electron chi connectivity index (χ2n) is 4.64. The summed E-state index contributed by atoms with van der Waals surface area (Å²) in [5.41, 5.74) is 3.34. The lowest BCUT2D eigenvalue weighted by Gasteiger charge is -2.17. The SMILES string of the molecule is Cc1cc(C=NN)cc2c1OC(C)(C)C2. The van der Waals surface area contributed by atoms with E-state index in [4.69, 9.17) is 10.6 Å². The first kappa shape index (κ1) is 10.0. The molecule has 0 unspecified atom stereocenters. The van der Waals surface area contributed by atoms with Crippen molar-refractivity contribution in [3.05, 3.63) is 28.8 Å². The Labute approximate surface area is 89.9 Å². The van der Waals surface area contributed by atoms with Gasteiger partial charge < -0.3 is 10.6 Å². The minimum atomic E-state index is -0.0917. The van der Waals surface area contributed by atoms with Crippen molar-refractivity contribution >= 4 is 6.21 Å². The van der Waals surface area contributed by atoms with Gasteiger partial charge in [-0.05, 0) is 49.6 Å². The van der Waals surface area contributed by atoms with Crippen molar-refractivity contribution in [2.24, 2.45) is 10.9 Å². The van der Waals surface area contributed by atoms with Crippen molar-refractivity contribution in [3.63, 3.8) is 0 Å². The molecule has 2 N–H and O–H groups in total. The third-order valence-corrected chi connectivity index (χ3v) is 2.59. The smallest absolute Gasteiger partial charge is 0.126 e. The fourth-order valence-corrected chi connectivity index (χ4v) is 2.09. The Morgan fingerprint density at radius 1 is 1.47 bits per heavy atom. The van der Waals surface area contributed by atoms with E-state index in [-0.39, 0.29) is 5.60 Å². The quantitative estimate of drug-likeness (QED) is 0.432. The molecule has 80 valence electrons. The molecule has 1 aliphatic rings. The van der Waals surface area contributed by atoms with Gasteiger partial charge in [-0.15, -0.1) is 0 Å². The van der Waals surface area contributed by atoms with Crippen LogP contribution < -0.4 is 10.6 Å². The molecule has 0 spiro atoms. The Hall–Kier alpha value is -1.51. The van der Waals surface area contributed by atoms with Gasteiger partial charge in [0.1, 0.15) is 11.4 Å². The molecule has 3 nitrogen and oxygen atoms in total. The first-order valence-corrected chi connectivity index (χ1v) is 5.08. The van der Waals surface area contributed by atoms with Crippen LogP contribution in [0.4, 0.5) is 0 Å². The molecule has 0 radical (unpaired) electrons. The van der Waals surface area contributed by atoms with E-state index in [1.54, 1.807) is 6.21 Å². The number of nitrogens with two attached hydrogens (primary N) is 1. The van der Waals surface area contributed by atoms with Crippen LogP contribution in [0, 0.1) is 6.92 Å². The minimum Gasteiger partial charge on any atom is -0.487 e. The highest BCUT2D eigenvalue weighted by atomic mass is 16.5. The number of aryl methyl sites for hydroxylation is 1. The number of hydrogen-bond donors (Lipinski definition) is 1. The number of nitrogens with zero attached hydrogens (tertiary/aromatic N) is 1. The van der Waals surface area contributed by atoms with E-state index in [1.807, 2.05) is 13.0 Å². The van der Waals surface area contributed by atoms with Gasteiger partial charge in [-0.1, -0.05) is 0 Å². The van der Waals surface area contributed by atoms with Crippen molar-refractivity contribution in [1.29, 1.82) is 0 Å². The summed E-state index contributed by atoms with van der Waals surface area (Å²) in [6, 6.07) is 4.13. The highest BCUT2D eigenvalue weighted by Gasteiger charge is 2.31. The predicted octanol–water partition coefficient (Wildman–Crippen LogP) is 2.00. The van der Waals surface area contributed by atoms with Crippen molar-refractivity contribution in [1.82, 2.24) is 0 Å². The summed E-state index contributed by atoms with van der Waals surface area (Å²) in [6.07, 6.45) is 2.61. The molecule has 0 aromatic heterocycles. The zero-order chi connectivity index (χ0) is 11.1. The summed E-state index contributed by atoms with van der Waals surface area (Å²) < 4.78 is 5.88. The fourth-order valence-electron chi connectivity index (χ4n) is 2.09. The van der Waals surface area contributed by atoms with Crippen LogP contribution in [-0.2, 0) is 6.42 Å². The van der Waals surface area contributed by atoms with E-state index in [1.165, 1.54) is 5.56 Å². The number of hydrogen-bond acceptors (Lipinski definition) is 3. The van der Waals surface area contributed by atoms with Crippen molar-refractivity contribution in [3.8, 4) is 5.75 Å². The molecule has 1 aliphatic heterocycles. The van der Waals surface area contributed by atoms with Gasteiger partial charge in [-0.25, -0.2) is 0 Å². The summed E-state index contributed by atoms with van der Waals surface area (Å²) >= 11 is 0. The zero-order valence-corrected chi connectivity index (χ0v) is 9.37. The number of rotatable bonds is 1. The lowest BCUT2D eigenvalue weighted by atomic mass is 9.99. The molecule has 0 bridgehead atoms. The molecule has 0 atom stereocenters. The summed E-state index contributed by atoms with van der Waals surface area (Å²) in [5, 5.41) is 3.54. The molecule has 0 amide bonds. The van der Waals surface area contributed by atoms with Crippen molar-refractivity contribution in [2.75, 3.05) is 0 Å². The summed E-state index contributed by atoms with van der Waals surface area (Å²) in [5.74, 6) is 6.17. The average molecular weight is 204 g/mol. The van der Waals surface area contributed by atoms with Gasteiger partial charge in [0, 0.05) is 6.42 Å². The van der Waals surface area contributed by atoms with Crippen LogP contribution in [0.15, 0.2) is 17.2 Å². The average Bonchev–Trinajstić information content (AvgIpc) is 2.41.